The lowest BCUT2D eigenvalue weighted by Gasteiger charge is -2.31. The lowest BCUT2D eigenvalue weighted by Crippen LogP contribution is -2.39. The molecular weight excluding hydrogens is 330 g/mol. The quantitative estimate of drug-likeness (QED) is 0.893. The Kier molecular flexibility index (Phi) is 5.40. The summed E-state index contributed by atoms with van der Waals surface area (Å²) in [6.07, 6.45) is 4.34. The van der Waals surface area contributed by atoms with Gasteiger partial charge in [0.1, 0.15) is 5.69 Å². The summed E-state index contributed by atoms with van der Waals surface area (Å²) >= 11 is 0. The first-order chi connectivity index (χ1) is 12.5. The molecule has 26 heavy (non-hydrogen) atoms. The van der Waals surface area contributed by atoms with Crippen LogP contribution in [0.15, 0.2) is 36.5 Å². The Morgan fingerprint density at radius 3 is 2.50 bits per heavy atom. The Bertz CT molecular complexity index is 789. The number of aromatic nitrogens is 2. The van der Waals surface area contributed by atoms with Gasteiger partial charge in [-0.2, -0.15) is 5.10 Å². The molecule has 0 unspecified atom stereocenters. The van der Waals surface area contributed by atoms with Crippen LogP contribution in [0.2, 0.25) is 0 Å². The van der Waals surface area contributed by atoms with E-state index in [-0.39, 0.29) is 11.9 Å². The monoisotopic (exact) mass is 355 g/mol. The lowest BCUT2D eigenvalue weighted by molar-refractivity contribution is 0.0683. The number of nitrogens with zero attached hydrogens (tertiary/aromatic N) is 3. The van der Waals surface area contributed by atoms with Crippen molar-refractivity contribution < 1.29 is 14.7 Å². The van der Waals surface area contributed by atoms with Crippen LogP contribution in [0.1, 0.15) is 59.1 Å². The highest BCUT2D eigenvalue weighted by molar-refractivity contribution is 5.92. The molecule has 1 aromatic carbocycles. The summed E-state index contributed by atoms with van der Waals surface area (Å²) in [5.41, 5.74) is 1.75. The number of amides is 1. The number of hydrogen-bond donors (Lipinski definition) is 1. The fourth-order valence-corrected chi connectivity index (χ4v) is 3.46. The molecule has 0 aliphatic carbocycles. The SMILES string of the molecule is CC(C)n1ccc(C(=O)N2CCC(Cc3ccccc3C(=O)O)CC2)n1. The summed E-state index contributed by atoms with van der Waals surface area (Å²) in [5, 5.41) is 13.7. The van der Waals surface area contributed by atoms with Crippen LogP contribution in [0.25, 0.3) is 0 Å². The molecule has 1 aliphatic rings. The van der Waals surface area contributed by atoms with Crippen molar-refractivity contribution in [1.82, 2.24) is 14.7 Å². The minimum atomic E-state index is -0.881. The van der Waals surface area contributed by atoms with E-state index in [9.17, 15) is 14.7 Å². The first kappa shape index (κ1) is 18.2. The number of carbonyl (C=O) groups excluding carboxylic acids is 1. The Morgan fingerprint density at radius 1 is 1.19 bits per heavy atom. The van der Waals surface area contributed by atoms with Crippen molar-refractivity contribution in [3.8, 4) is 0 Å². The largest absolute Gasteiger partial charge is 0.478 e. The molecule has 0 bridgehead atoms. The highest BCUT2D eigenvalue weighted by atomic mass is 16.4. The van der Waals surface area contributed by atoms with E-state index in [2.05, 4.69) is 5.10 Å². The number of likely N-dealkylation sites (tertiary alicyclic amines) is 1. The number of piperidine rings is 1. The van der Waals surface area contributed by atoms with Gasteiger partial charge in [0.25, 0.3) is 5.91 Å². The van der Waals surface area contributed by atoms with Crippen molar-refractivity contribution in [2.75, 3.05) is 13.1 Å². The molecule has 1 amide bonds. The van der Waals surface area contributed by atoms with Gasteiger partial charge in [-0.1, -0.05) is 18.2 Å². The van der Waals surface area contributed by atoms with Crippen molar-refractivity contribution in [3.05, 3.63) is 53.3 Å². The Morgan fingerprint density at radius 2 is 1.88 bits per heavy atom. The van der Waals surface area contributed by atoms with E-state index in [4.69, 9.17) is 0 Å². The number of rotatable bonds is 5. The second-order valence-electron chi connectivity index (χ2n) is 7.18. The summed E-state index contributed by atoms with van der Waals surface area (Å²) < 4.78 is 1.79. The standard InChI is InChI=1S/C20H25N3O3/c1-14(2)23-12-9-18(21-23)19(24)22-10-7-15(8-11-22)13-16-5-3-4-6-17(16)20(25)26/h3-6,9,12,14-15H,7-8,10-11,13H2,1-2H3,(H,25,26). The van der Waals surface area contributed by atoms with E-state index in [0.29, 0.717) is 30.3 Å². The number of aromatic carboxylic acids is 1. The molecule has 3 rings (SSSR count). The van der Waals surface area contributed by atoms with Crippen LogP contribution in [-0.4, -0.2) is 44.8 Å². The molecule has 0 spiro atoms. The van der Waals surface area contributed by atoms with Crippen molar-refractivity contribution in [3.63, 3.8) is 0 Å². The van der Waals surface area contributed by atoms with E-state index < -0.39 is 5.97 Å². The first-order valence-electron chi connectivity index (χ1n) is 9.11. The van der Waals surface area contributed by atoms with Gasteiger partial charge in [-0.15, -0.1) is 0 Å². The van der Waals surface area contributed by atoms with Gasteiger partial charge < -0.3 is 10.0 Å². The summed E-state index contributed by atoms with van der Waals surface area (Å²) in [4.78, 5) is 25.8. The molecule has 1 N–H and O–H groups in total. The van der Waals surface area contributed by atoms with Crippen LogP contribution >= 0.6 is 0 Å². The van der Waals surface area contributed by atoms with Gasteiger partial charge in [0.15, 0.2) is 0 Å². The summed E-state index contributed by atoms with van der Waals surface area (Å²) in [6, 6.07) is 9.19. The van der Waals surface area contributed by atoms with Crippen molar-refractivity contribution in [2.45, 2.75) is 39.2 Å². The molecule has 6 nitrogen and oxygen atoms in total. The van der Waals surface area contributed by atoms with Crippen LogP contribution in [-0.2, 0) is 6.42 Å². The van der Waals surface area contributed by atoms with Gasteiger partial charge in [-0.3, -0.25) is 9.48 Å². The zero-order chi connectivity index (χ0) is 18.7. The molecule has 0 atom stereocenters. The van der Waals surface area contributed by atoms with Gasteiger partial charge in [-0.25, -0.2) is 4.79 Å². The van der Waals surface area contributed by atoms with Crippen LogP contribution in [0, 0.1) is 5.92 Å². The summed E-state index contributed by atoms with van der Waals surface area (Å²) in [6.45, 7) is 5.43. The smallest absolute Gasteiger partial charge is 0.335 e. The molecule has 0 radical (unpaired) electrons. The first-order valence-corrected chi connectivity index (χ1v) is 9.11. The number of benzene rings is 1. The average molecular weight is 355 g/mol. The second kappa shape index (κ2) is 7.72. The van der Waals surface area contributed by atoms with Crippen LogP contribution in [0.5, 0.6) is 0 Å². The van der Waals surface area contributed by atoms with E-state index in [1.807, 2.05) is 37.1 Å². The van der Waals surface area contributed by atoms with Gasteiger partial charge in [0.05, 0.1) is 5.56 Å². The van der Waals surface area contributed by atoms with E-state index >= 15 is 0 Å². The molecule has 1 aliphatic heterocycles. The molecule has 1 aromatic heterocycles. The average Bonchev–Trinajstić information content (AvgIpc) is 3.12. The number of carboxylic acids is 1. The summed E-state index contributed by atoms with van der Waals surface area (Å²) in [5.74, 6) is -0.504. The number of carboxylic acid groups (broad SMARTS) is 1. The molecule has 0 saturated carbocycles. The predicted molar refractivity (Wildman–Crippen MR) is 98.3 cm³/mol. The molecule has 1 fully saturated rings. The third-order valence-electron chi connectivity index (χ3n) is 5.01. The minimum Gasteiger partial charge on any atom is -0.478 e. The predicted octanol–water partition coefficient (Wildman–Crippen LogP) is 3.26. The van der Waals surface area contributed by atoms with Gasteiger partial charge >= 0.3 is 5.97 Å². The molecule has 2 aromatic rings. The molecule has 1 saturated heterocycles. The second-order valence-corrected chi connectivity index (χ2v) is 7.18. The van der Waals surface area contributed by atoms with Gasteiger partial charge in [0.2, 0.25) is 0 Å². The van der Waals surface area contributed by atoms with Crippen LogP contribution < -0.4 is 0 Å². The Balaban J connectivity index is 1.59. The number of hydrogen-bond acceptors (Lipinski definition) is 3. The maximum absolute atomic E-state index is 12.6. The molecule has 138 valence electrons. The summed E-state index contributed by atoms with van der Waals surface area (Å²) in [7, 11) is 0. The van der Waals surface area contributed by atoms with Crippen LogP contribution in [0.3, 0.4) is 0 Å². The fraction of sp³-hybridized carbons (Fsp3) is 0.450. The zero-order valence-corrected chi connectivity index (χ0v) is 15.3. The third kappa shape index (κ3) is 3.95. The van der Waals surface area contributed by atoms with E-state index in [0.717, 1.165) is 24.8 Å². The highest BCUT2D eigenvalue weighted by Gasteiger charge is 2.26. The third-order valence-corrected chi connectivity index (χ3v) is 5.01. The van der Waals surface area contributed by atoms with Gasteiger partial charge in [-0.05, 0) is 56.7 Å². The van der Waals surface area contributed by atoms with Crippen molar-refractivity contribution in [1.29, 1.82) is 0 Å². The normalized spacial score (nSPS) is 15.4. The lowest BCUT2D eigenvalue weighted by atomic mass is 9.88. The fourth-order valence-electron chi connectivity index (χ4n) is 3.46. The van der Waals surface area contributed by atoms with Gasteiger partial charge in [0, 0.05) is 25.3 Å². The minimum absolute atomic E-state index is 0.0196. The Labute approximate surface area is 153 Å². The Hall–Kier alpha value is -2.63. The highest BCUT2D eigenvalue weighted by Crippen LogP contribution is 2.24. The maximum atomic E-state index is 12.6. The van der Waals surface area contributed by atoms with Crippen LogP contribution in [0.4, 0.5) is 0 Å². The molecule has 2 heterocycles. The van der Waals surface area contributed by atoms with E-state index in [1.165, 1.54) is 0 Å². The maximum Gasteiger partial charge on any atom is 0.335 e. The topological polar surface area (TPSA) is 75.4 Å². The van der Waals surface area contributed by atoms with E-state index in [1.54, 1.807) is 22.9 Å². The number of carbonyl (C=O) groups is 2. The van der Waals surface area contributed by atoms with Crippen molar-refractivity contribution in [2.24, 2.45) is 5.92 Å². The molecule has 6 heteroatoms. The molecular formula is C20H25N3O3. The zero-order valence-electron chi connectivity index (χ0n) is 15.3. The van der Waals surface area contributed by atoms with Crippen molar-refractivity contribution >= 4 is 11.9 Å².